The van der Waals surface area contributed by atoms with Crippen molar-refractivity contribution in [3.8, 4) is 0 Å². The Morgan fingerprint density at radius 1 is 1.07 bits per heavy atom. The number of sulfonamides is 1. The number of nitrogens with one attached hydrogen (secondary N) is 1. The van der Waals surface area contributed by atoms with Gasteiger partial charge in [-0.05, 0) is 24.3 Å². The predicted octanol–water partition coefficient (Wildman–Crippen LogP) is 0.597. The number of amides is 3. The second kappa shape index (κ2) is 8.23. The zero-order valence-corrected chi connectivity index (χ0v) is 15.0. The number of nitrogens with two attached hydrogens (primary N) is 1. The molecule has 0 bridgehead atoms. The number of carbonyl (C=O) groups is 2. The van der Waals surface area contributed by atoms with Crippen LogP contribution >= 0.6 is 0 Å². The summed E-state index contributed by atoms with van der Waals surface area (Å²) in [6.07, 6.45) is -4.50. The van der Waals surface area contributed by atoms with Gasteiger partial charge in [0.15, 0.2) is 0 Å². The lowest BCUT2D eigenvalue weighted by Crippen LogP contribution is -2.49. The molecule has 0 aromatic heterocycles. The maximum atomic E-state index is 12.6. The molecule has 1 heterocycles. The zero-order chi connectivity index (χ0) is 20.2. The van der Waals surface area contributed by atoms with Crippen molar-refractivity contribution in [1.29, 1.82) is 0 Å². The Labute approximate surface area is 154 Å². The molecule has 3 N–H and O–H groups in total. The molecular weight excluding hydrogens is 389 g/mol. The Morgan fingerprint density at radius 3 is 2.11 bits per heavy atom. The van der Waals surface area contributed by atoms with E-state index in [4.69, 9.17) is 5.73 Å². The van der Waals surface area contributed by atoms with Gasteiger partial charge in [0.05, 0.1) is 10.5 Å². The lowest BCUT2D eigenvalue weighted by atomic mass is 10.2. The van der Waals surface area contributed by atoms with Crippen molar-refractivity contribution in [2.45, 2.75) is 17.5 Å². The van der Waals surface area contributed by atoms with E-state index in [1.54, 1.807) is 0 Å². The van der Waals surface area contributed by atoms with Crippen LogP contribution in [0.4, 0.5) is 18.0 Å². The molecule has 0 atom stereocenters. The van der Waals surface area contributed by atoms with Crippen molar-refractivity contribution in [2.75, 3.05) is 32.7 Å². The monoisotopic (exact) mass is 408 g/mol. The summed E-state index contributed by atoms with van der Waals surface area (Å²) in [5, 5.41) is 1.94. The van der Waals surface area contributed by atoms with E-state index in [0.717, 1.165) is 24.3 Å². The molecule has 0 aliphatic carbocycles. The van der Waals surface area contributed by atoms with Gasteiger partial charge in [0.25, 0.3) is 0 Å². The number of primary amides is 1. The molecular formula is C15H19F3N4O4S. The van der Waals surface area contributed by atoms with Gasteiger partial charge < -0.3 is 10.6 Å². The predicted molar refractivity (Wildman–Crippen MR) is 89.0 cm³/mol. The van der Waals surface area contributed by atoms with Gasteiger partial charge in [-0.25, -0.2) is 13.2 Å². The summed E-state index contributed by atoms with van der Waals surface area (Å²) < 4.78 is 64.1. The fourth-order valence-corrected chi connectivity index (χ4v) is 4.04. The van der Waals surface area contributed by atoms with Crippen LogP contribution in [0.3, 0.4) is 0 Å². The summed E-state index contributed by atoms with van der Waals surface area (Å²) in [7, 11) is -3.90. The topological polar surface area (TPSA) is 113 Å². The lowest BCUT2D eigenvalue weighted by molar-refractivity contribution is -0.137. The third-order valence-electron chi connectivity index (χ3n) is 4.07. The Balaban J connectivity index is 1.92. The maximum absolute atomic E-state index is 12.6. The molecule has 0 spiro atoms. The minimum absolute atomic E-state index is 0.0363. The van der Waals surface area contributed by atoms with E-state index in [2.05, 4.69) is 0 Å². The molecule has 0 unspecified atom stereocenters. The van der Waals surface area contributed by atoms with Gasteiger partial charge in [-0.15, -0.1) is 0 Å². The van der Waals surface area contributed by atoms with Crippen LogP contribution < -0.4 is 11.1 Å². The first kappa shape index (κ1) is 21.1. The summed E-state index contributed by atoms with van der Waals surface area (Å²) in [6, 6.07) is 2.42. The number of carbonyl (C=O) groups excluding carboxylic acids is 2. The number of halogens is 3. The van der Waals surface area contributed by atoms with Crippen LogP contribution in [0.25, 0.3) is 0 Å². The Morgan fingerprint density at radius 2 is 1.63 bits per heavy atom. The molecule has 150 valence electrons. The SMILES string of the molecule is NC(=O)NC(=O)CCN1CCN(S(=O)(=O)c2ccc(C(F)(F)F)cc2)CC1. The third kappa shape index (κ3) is 5.65. The summed E-state index contributed by atoms with van der Waals surface area (Å²) in [5.41, 5.74) is 3.92. The second-order valence-corrected chi connectivity index (χ2v) is 7.87. The number of benzene rings is 1. The zero-order valence-electron chi connectivity index (χ0n) is 14.2. The van der Waals surface area contributed by atoms with E-state index in [1.807, 2.05) is 10.2 Å². The lowest BCUT2D eigenvalue weighted by Gasteiger charge is -2.33. The molecule has 2 rings (SSSR count). The van der Waals surface area contributed by atoms with Crippen LogP contribution in [-0.2, 0) is 21.0 Å². The van der Waals surface area contributed by atoms with E-state index in [1.165, 1.54) is 4.31 Å². The largest absolute Gasteiger partial charge is 0.416 e. The molecule has 1 aliphatic rings. The van der Waals surface area contributed by atoms with Gasteiger partial charge in [-0.1, -0.05) is 0 Å². The van der Waals surface area contributed by atoms with E-state index >= 15 is 0 Å². The fraction of sp³-hybridized carbons (Fsp3) is 0.467. The number of imide groups is 1. The van der Waals surface area contributed by atoms with E-state index < -0.39 is 33.7 Å². The van der Waals surface area contributed by atoms with Gasteiger partial charge in [-0.3, -0.25) is 10.1 Å². The highest BCUT2D eigenvalue weighted by Crippen LogP contribution is 2.30. The molecule has 1 aromatic rings. The standard InChI is InChI=1S/C15H19F3N4O4S/c16-15(17,18)11-1-3-12(4-2-11)27(25,26)22-9-7-21(8-10-22)6-5-13(23)20-14(19)24/h1-4H,5-10H2,(H3,19,20,23,24). The molecule has 1 saturated heterocycles. The van der Waals surface area contributed by atoms with Crippen molar-refractivity contribution in [2.24, 2.45) is 5.73 Å². The van der Waals surface area contributed by atoms with Gasteiger partial charge in [0.1, 0.15) is 0 Å². The smallest absolute Gasteiger partial charge is 0.351 e. The highest BCUT2D eigenvalue weighted by Gasteiger charge is 2.32. The number of rotatable bonds is 5. The quantitative estimate of drug-likeness (QED) is 0.741. The number of alkyl halides is 3. The second-order valence-electron chi connectivity index (χ2n) is 5.93. The van der Waals surface area contributed by atoms with Crippen LogP contribution in [0, 0.1) is 0 Å². The molecule has 1 aromatic carbocycles. The van der Waals surface area contributed by atoms with Gasteiger partial charge in [0, 0.05) is 39.1 Å². The molecule has 0 radical (unpaired) electrons. The van der Waals surface area contributed by atoms with Crippen molar-refractivity contribution >= 4 is 22.0 Å². The Kier molecular flexibility index (Phi) is 6.44. The van der Waals surface area contributed by atoms with Crippen molar-refractivity contribution in [3.63, 3.8) is 0 Å². The van der Waals surface area contributed by atoms with Crippen LogP contribution in [0.2, 0.25) is 0 Å². The van der Waals surface area contributed by atoms with Gasteiger partial charge >= 0.3 is 12.2 Å². The van der Waals surface area contributed by atoms with Crippen LogP contribution in [0.15, 0.2) is 29.2 Å². The number of hydrogen-bond acceptors (Lipinski definition) is 5. The number of piperazine rings is 1. The Bertz CT molecular complexity index is 788. The first-order valence-electron chi connectivity index (χ1n) is 7.99. The van der Waals surface area contributed by atoms with Crippen LogP contribution in [0.1, 0.15) is 12.0 Å². The van der Waals surface area contributed by atoms with E-state index in [-0.39, 0.29) is 24.4 Å². The number of urea groups is 1. The van der Waals surface area contributed by atoms with Gasteiger partial charge in [0.2, 0.25) is 15.9 Å². The minimum Gasteiger partial charge on any atom is -0.351 e. The average Bonchev–Trinajstić information content (AvgIpc) is 2.59. The average molecular weight is 408 g/mol. The normalized spacial score (nSPS) is 16.9. The molecule has 8 nitrogen and oxygen atoms in total. The molecule has 3 amide bonds. The minimum atomic E-state index is -4.53. The summed E-state index contributed by atoms with van der Waals surface area (Å²) in [6.45, 7) is 1.31. The number of nitrogens with zero attached hydrogens (tertiary/aromatic N) is 2. The number of hydrogen-bond donors (Lipinski definition) is 2. The molecule has 0 saturated carbocycles. The fourth-order valence-electron chi connectivity index (χ4n) is 2.62. The van der Waals surface area contributed by atoms with Crippen molar-refractivity contribution < 1.29 is 31.2 Å². The molecule has 12 heteroatoms. The Hall–Kier alpha value is -2.18. The first-order chi connectivity index (χ1) is 12.5. The van der Waals surface area contributed by atoms with Crippen molar-refractivity contribution in [1.82, 2.24) is 14.5 Å². The first-order valence-corrected chi connectivity index (χ1v) is 9.43. The maximum Gasteiger partial charge on any atom is 0.416 e. The van der Waals surface area contributed by atoms with Crippen LogP contribution in [0.5, 0.6) is 0 Å². The summed E-state index contributed by atoms with van der Waals surface area (Å²) in [4.78, 5) is 23.6. The molecule has 27 heavy (non-hydrogen) atoms. The summed E-state index contributed by atoms with van der Waals surface area (Å²) in [5.74, 6) is -0.526. The van der Waals surface area contributed by atoms with Crippen LogP contribution in [-0.4, -0.2) is 62.3 Å². The molecule has 1 aliphatic heterocycles. The van der Waals surface area contributed by atoms with Gasteiger partial charge in [-0.2, -0.15) is 17.5 Å². The molecule has 1 fully saturated rings. The third-order valence-corrected chi connectivity index (χ3v) is 5.98. The summed E-state index contributed by atoms with van der Waals surface area (Å²) >= 11 is 0. The van der Waals surface area contributed by atoms with E-state index in [0.29, 0.717) is 19.6 Å². The van der Waals surface area contributed by atoms with E-state index in [9.17, 15) is 31.2 Å². The highest BCUT2D eigenvalue weighted by atomic mass is 32.2. The van der Waals surface area contributed by atoms with Crippen molar-refractivity contribution in [3.05, 3.63) is 29.8 Å². The highest BCUT2D eigenvalue weighted by molar-refractivity contribution is 7.89.